The summed E-state index contributed by atoms with van der Waals surface area (Å²) in [6, 6.07) is 8.18. The molecule has 0 unspecified atom stereocenters. The number of nitrogens with zero attached hydrogens (tertiary/aromatic N) is 1. The van der Waals surface area contributed by atoms with Gasteiger partial charge in [0.1, 0.15) is 5.75 Å². The van der Waals surface area contributed by atoms with Crippen molar-refractivity contribution in [3.8, 4) is 5.75 Å². The molecular weight excluding hydrogens is 319 g/mol. The fourth-order valence-electron chi connectivity index (χ4n) is 2.67. The van der Waals surface area contributed by atoms with Gasteiger partial charge in [-0.25, -0.2) is 0 Å². The van der Waals surface area contributed by atoms with Gasteiger partial charge in [0.2, 0.25) is 5.69 Å². The van der Waals surface area contributed by atoms with E-state index in [0.29, 0.717) is 22.7 Å². The maximum Gasteiger partial charge on any atom is 0.416 e. The third-order valence-corrected chi connectivity index (χ3v) is 3.83. The van der Waals surface area contributed by atoms with Crippen molar-refractivity contribution in [3.05, 3.63) is 70.7 Å². The average Bonchev–Trinajstić information content (AvgIpc) is 2.63. The Balaban J connectivity index is 2.26. The van der Waals surface area contributed by atoms with Gasteiger partial charge < -0.3 is 9.94 Å². The van der Waals surface area contributed by atoms with Gasteiger partial charge in [-0.1, -0.05) is 19.9 Å². The highest BCUT2D eigenvalue weighted by Gasteiger charge is 2.34. The van der Waals surface area contributed by atoms with E-state index in [1.165, 1.54) is 12.3 Å². The molecule has 2 heterocycles. The molecule has 6 heteroatoms. The van der Waals surface area contributed by atoms with Crippen molar-refractivity contribution in [2.45, 2.75) is 20.0 Å². The Labute approximate surface area is 137 Å². The molecule has 1 aromatic carbocycles. The van der Waals surface area contributed by atoms with Crippen molar-refractivity contribution < 1.29 is 22.6 Å². The lowest BCUT2D eigenvalue weighted by atomic mass is 9.88. The average molecular weight is 335 g/mol. The van der Waals surface area contributed by atoms with Crippen LogP contribution in [0.25, 0.3) is 5.57 Å². The first kappa shape index (κ1) is 16.4. The van der Waals surface area contributed by atoms with Crippen LogP contribution in [0, 0.1) is 10.6 Å². The van der Waals surface area contributed by atoms with Crippen LogP contribution in [0.5, 0.6) is 5.75 Å². The number of halogens is 3. The molecule has 0 saturated carbocycles. The molecule has 1 aliphatic heterocycles. The molecule has 0 aliphatic carbocycles. The zero-order valence-corrected chi connectivity index (χ0v) is 13.2. The number of fused-ring (bicyclic) bond motifs is 1. The minimum Gasteiger partial charge on any atom is -0.618 e. The standard InChI is InChI=1S/C18H16F3NO2/c1-17(2)10-14(15-5-3-4-8-22(15)23)13-9-12(18(19,20)21)6-7-16(13)24-11-17/h3-10H,11H2,1-2H3. The lowest BCUT2D eigenvalue weighted by molar-refractivity contribution is -0.607. The molecule has 1 aromatic heterocycles. The van der Waals surface area contributed by atoms with Crippen molar-refractivity contribution >= 4 is 5.57 Å². The molecule has 3 nitrogen and oxygen atoms in total. The van der Waals surface area contributed by atoms with Crippen LogP contribution < -0.4 is 9.47 Å². The van der Waals surface area contributed by atoms with Gasteiger partial charge in [-0.3, -0.25) is 0 Å². The quantitative estimate of drug-likeness (QED) is 0.579. The molecule has 0 fully saturated rings. The van der Waals surface area contributed by atoms with Gasteiger partial charge in [0.05, 0.1) is 17.7 Å². The third kappa shape index (κ3) is 3.09. The van der Waals surface area contributed by atoms with E-state index in [9.17, 15) is 18.4 Å². The smallest absolute Gasteiger partial charge is 0.416 e. The van der Waals surface area contributed by atoms with Crippen LogP contribution in [0.1, 0.15) is 30.7 Å². The number of hydrogen-bond acceptors (Lipinski definition) is 2. The molecule has 0 radical (unpaired) electrons. The molecule has 0 saturated heterocycles. The predicted octanol–water partition coefficient (Wildman–Crippen LogP) is 4.19. The molecule has 3 rings (SSSR count). The Morgan fingerprint density at radius 1 is 1.17 bits per heavy atom. The summed E-state index contributed by atoms with van der Waals surface area (Å²) in [5.41, 5.74) is -0.212. The fraction of sp³-hybridized carbons (Fsp3) is 0.278. The Kier molecular flexibility index (Phi) is 3.78. The molecule has 0 atom stereocenters. The monoisotopic (exact) mass is 335 g/mol. The summed E-state index contributed by atoms with van der Waals surface area (Å²) in [5, 5.41) is 12.1. The van der Waals surface area contributed by atoms with Gasteiger partial charge in [0, 0.05) is 23.1 Å². The summed E-state index contributed by atoms with van der Waals surface area (Å²) < 4.78 is 45.6. The van der Waals surface area contributed by atoms with E-state index < -0.39 is 17.2 Å². The maximum absolute atomic E-state index is 13.1. The van der Waals surface area contributed by atoms with E-state index in [1.54, 1.807) is 24.3 Å². The largest absolute Gasteiger partial charge is 0.618 e. The van der Waals surface area contributed by atoms with E-state index in [0.717, 1.165) is 12.1 Å². The third-order valence-electron chi connectivity index (χ3n) is 3.83. The second-order valence-electron chi connectivity index (χ2n) is 6.46. The first-order valence-corrected chi connectivity index (χ1v) is 7.43. The maximum atomic E-state index is 13.1. The highest BCUT2D eigenvalue weighted by atomic mass is 19.4. The molecule has 126 valence electrons. The molecule has 0 bridgehead atoms. The van der Waals surface area contributed by atoms with Crippen LogP contribution in [0.4, 0.5) is 13.2 Å². The number of alkyl halides is 3. The molecule has 0 amide bonds. The van der Waals surface area contributed by atoms with Gasteiger partial charge in [0.15, 0.2) is 6.20 Å². The van der Waals surface area contributed by atoms with Gasteiger partial charge in [-0.05, 0) is 24.3 Å². The predicted molar refractivity (Wildman–Crippen MR) is 83.2 cm³/mol. The van der Waals surface area contributed by atoms with E-state index in [2.05, 4.69) is 0 Å². The van der Waals surface area contributed by atoms with E-state index >= 15 is 0 Å². The van der Waals surface area contributed by atoms with Crippen LogP contribution in [0.15, 0.2) is 48.7 Å². The lowest BCUT2D eigenvalue weighted by Gasteiger charge is -2.18. The SMILES string of the molecule is CC1(C)C=C(c2cccc[n+]2[O-])c2cc(C(F)(F)F)ccc2OC1. The van der Waals surface area contributed by atoms with Crippen LogP contribution in [0.2, 0.25) is 0 Å². The summed E-state index contributed by atoms with van der Waals surface area (Å²) in [5.74, 6) is 0.337. The van der Waals surface area contributed by atoms with E-state index in [4.69, 9.17) is 4.74 Å². The Hall–Kier alpha value is -2.50. The first-order chi connectivity index (χ1) is 11.2. The Morgan fingerprint density at radius 2 is 1.92 bits per heavy atom. The summed E-state index contributed by atoms with van der Waals surface area (Å²) >= 11 is 0. The molecule has 0 spiro atoms. The van der Waals surface area contributed by atoms with Crippen LogP contribution in [-0.2, 0) is 6.18 Å². The van der Waals surface area contributed by atoms with Crippen molar-refractivity contribution in [1.29, 1.82) is 0 Å². The molecule has 24 heavy (non-hydrogen) atoms. The van der Waals surface area contributed by atoms with Crippen LogP contribution in [0.3, 0.4) is 0 Å². The second-order valence-corrected chi connectivity index (χ2v) is 6.46. The van der Waals surface area contributed by atoms with Gasteiger partial charge in [0.25, 0.3) is 0 Å². The summed E-state index contributed by atoms with van der Waals surface area (Å²) in [7, 11) is 0. The number of rotatable bonds is 1. The number of hydrogen-bond donors (Lipinski definition) is 0. The summed E-state index contributed by atoms with van der Waals surface area (Å²) in [4.78, 5) is 0. The van der Waals surface area contributed by atoms with E-state index in [1.807, 2.05) is 13.8 Å². The van der Waals surface area contributed by atoms with Crippen LogP contribution >= 0.6 is 0 Å². The van der Waals surface area contributed by atoms with Crippen molar-refractivity contribution in [3.63, 3.8) is 0 Å². The Morgan fingerprint density at radius 3 is 2.58 bits per heavy atom. The fourth-order valence-corrected chi connectivity index (χ4v) is 2.67. The summed E-state index contributed by atoms with van der Waals surface area (Å²) in [6.45, 7) is 4.11. The van der Waals surface area contributed by atoms with Crippen molar-refractivity contribution in [2.75, 3.05) is 6.61 Å². The van der Waals surface area contributed by atoms with Crippen molar-refractivity contribution in [1.82, 2.24) is 0 Å². The summed E-state index contributed by atoms with van der Waals surface area (Å²) in [6.07, 6.45) is -1.35. The number of ether oxygens (including phenoxy) is 1. The number of benzene rings is 1. The van der Waals surface area contributed by atoms with Gasteiger partial charge in [-0.2, -0.15) is 17.9 Å². The van der Waals surface area contributed by atoms with Gasteiger partial charge >= 0.3 is 6.18 Å². The molecule has 0 N–H and O–H groups in total. The second kappa shape index (κ2) is 5.54. The van der Waals surface area contributed by atoms with E-state index in [-0.39, 0.29) is 11.3 Å². The first-order valence-electron chi connectivity index (χ1n) is 7.43. The number of aromatic nitrogens is 1. The lowest BCUT2D eigenvalue weighted by Crippen LogP contribution is -2.30. The highest BCUT2D eigenvalue weighted by molar-refractivity contribution is 5.81. The van der Waals surface area contributed by atoms with Crippen LogP contribution in [-0.4, -0.2) is 6.61 Å². The minimum atomic E-state index is -4.47. The topological polar surface area (TPSA) is 36.2 Å². The molecule has 2 aromatic rings. The molecule has 1 aliphatic rings. The number of pyridine rings is 1. The normalized spacial score (nSPS) is 16.6. The van der Waals surface area contributed by atoms with Crippen molar-refractivity contribution in [2.24, 2.45) is 5.41 Å². The highest BCUT2D eigenvalue weighted by Crippen LogP contribution is 2.40. The zero-order chi connectivity index (χ0) is 17.5. The molecular formula is C18H16F3NO2. The minimum absolute atomic E-state index is 0.270. The Bertz CT molecular complexity index is 810. The van der Waals surface area contributed by atoms with Gasteiger partial charge in [-0.15, -0.1) is 0 Å². The zero-order valence-electron chi connectivity index (χ0n) is 13.2.